The van der Waals surface area contributed by atoms with E-state index in [1.807, 2.05) is 29.3 Å². The third-order valence-corrected chi connectivity index (χ3v) is 5.57. The first kappa shape index (κ1) is 19.5. The van der Waals surface area contributed by atoms with Gasteiger partial charge in [-0.1, -0.05) is 12.1 Å². The van der Waals surface area contributed by atoms with Crippen molar-refractivity contribution in [1.82, 2.24) is 15.1 Å². The standard InChI is InChI=1S/C22H28N4O3/c1-14-5-4-6-19-20(14)17(7-10-29-19)24-18-11-16(22(28)25(3)8-9-27)13-26-12-15(2)23-21(18)26/h4-6,11,13,15,17,24,27H,7-10,12H2,1-3H3/t15-,17+/m0/s1. The molecule has 0 saturated heterocycles. The molecule has 4 rings (SSSR count). The van der Waals surface area contributed by atoms with E-state index in [9.17, 15) is 9.90 Å². The number of benzene rings is 1. The lowest BCUT2D eigenvalue weighted by Gasteiger charge is -2.32. The van der Waals surface area contributed by atoms with Crippen molar-refractivity contribution in [3.8, 4) is 5.75 Å². The zero-order valence-corrected chi connectivity index (χ0v) is 17.2. The lowest BCUT2D eigenvalue weighted by atomic mass is 9.95. The van der Waals surface area contributed by atoms with E-state index in [2.05, 4.69) is 25.2 Å². The fourth-order valence-corrected chi connectivity index (χ4v) is 4.14. The van der Waals surface area contributed by atoms with Crippen molar-refractivity contribution >= 4 is 11.7 Å². The summed E-state index contributed by atoms with van der Waals surface area (Å²) >= 11 is 0. The summed E-state index contributed by atoms with van der Waals surface area (Å²) in [5.74, 6) is 1.68. The maximum absolute atomic E-state index is 12.8. The smallest absolute Gasteiger partial charge is 0.255 e. The van der Waals surface area contributed by atoms with Crippen LogP contribution in [0.3, 0.4) is 0 Å². The van der Waals surface area contributed by atoms with Gasteiger partial charge < -0.3 is 25.0 Å². The van der Waals surface area contributed by atoms with Gasteiger partial charge in [-0.15, -0.1) is 0 Å². The van der Waals surface area contributed by atoms with Crippen LogP contribution in [0, 0.1) is 6.92 Å². The van der Waals surface area contributed by atoms with E-state index in [1.54, 1.807) is 7.05 Å². The Morgan fingerprint density at radius 3 is 3.07 bits per heavy atom. The largest absolute Gasteiger partial charge is 0.493 e. The van der Waals surface area contributed by atoms with Crippen LogP contribution in [0.2, 0.25) is 0 Å². The SMILES string of the molecule is Cc1cccc2c1[C@H](NC1=CC(C(=O)N(C)CCO)=CN3C[C@H](C)N=C13)CCO2. The molecule has 0 aromatic heterocycles. The van der Waals surface area contributed by atoms with Gasteiger partial charge in [0.1, 0.15) is 5.75 Å². The number of ether oxygens (including phenoxy) is 1. The van der Waals surface area contributed by atoms with Gasteiger partial charge in [0.25, 0.3) is 5.91 Å². The highest BCUT2D eigenvalue weighted by molar-refractivity contribution is 6.06. The molecule has 29 heavy (non-hydrogen) atoms. The Morgan fingerprint density at radius 1 is 1.45 bits per heavy atom. The Balaban J connectivity index is 1.66. The maximum atomic E-state index is 12.8. The van der Waals surface area contributed by atoms with Crippen LogP contribution in [0.25, 0.3) is 0 Å². The van der Waals surface area contributed by atoms with Crippen LogP contribution >= 0.6 is 0 Å². The summed E-state index contributed by atoms with van der Waals surface area (Å²) in [6.45, 7) is 5.81. The predicted molar refractivity (Wildman–Crippen MR) is 112 cm³/mol. The van der Waals surface area contributed by atoms with Crippen LogP contribution in [0.5, 0.6) is 5.75 Å². The number of fused-ring (bicyclic) bond motifs is 2. The van der Waals surface area contributed by atoms with E-state index < -0.39 is 0 Å². The molecule has 0 unspecified atom stereocenters. The number of rotatable bonds is 5. The number of likely N-dealkylation sites (N-methyl/N-ethyl adjacent to an activating group) is 1. The van der Waals surface area contributed by atoms with Crippen molar-refractivity contribution in [1.29, 1.82) is 0 Å². The molecule has 1 aromatic rings. The molecule has 7 heteroatoms. The average Bonchev–Trinajstić information content (AvgIpc) is 3.08. The third-order valence-electron chi connectivity index (χ3n) is 5.57. The van der Waals surface area contributed by atoms with Crippen LogP contribution in [0.15, 0.2) is 46.7 Å². The molecule has 7 nitrogen and oxygen atoms in total. The lowest BCUT2D eigenvalue weighted by Crippen LogP contribution is -2.39. The van der Waals surface area contributed by atoms with E-state index in [0.717, 1.165) is 35.8 Å². The Morgan fingerprint density at radius 2 is 2.28 bits per heavy atom. The minimum absolute atomic E-state index is 0.0596. The first-order valence-electron chi connectivity index (χ1n) is 10.1. The number of aliphatic imine (C=N–C) groups is 1. The number of aryl methyl sites for hydroxylation is 1. The van der Waals surface area contributed by atoms with Crippen LogP contribution in [-0.4, -0.2) is 66.0 Å². The van der Waals surface area contributed by atoms with Crippen LogP contribution in [-0.2, 0) is 4.79 Å². The first-order valence-corrected chi connectivity index (χ1v) is 10.1. The van der Waals surface area contributed by atoms with Crippen molar-refractivity contribution in [2.24, 2.45) is 4.99 Å². The fraction of sp³-hybridized carbons (Fsp3) is 0.455. The van der Waals surface area contributed by atoms with Gasteiger partial charge in [0.05, 0.1) is 36.6 Å². The quantitative estimate of drug-likeness (QED) is 0.793. The van der Waals surface area contributed by atoms with E-state index >= 15 is 0 Å². The molecular weight excluding hydrogens is 368 g/mol. The molecule has 0 fully saturated rings. The minimum Gasteiger partial charge on any atom is -0.493 e. The van der Waals surface area contributed by atoms with Crippen molar-refractivity contribution in [2.75, 3.05) is 33.4 Å². The van der Waals surface area contributed by atoms with Crippen molar-refractivity contribution in [3.05, 3.63) is 52.9 Å². The first-order chi connectivity index (χ1) is 14.0. The number of amides is 1. The molecule has 0 bridgehead atoms. The second-order valence-corrected chi connectivity index (χ2v) is 7.87. The summed E-state index contributed by atoms with van der Waals surface area (Å²) in [5, 5.41) is 12.8. The van der Waals surface area contributed by atoms with E-state index in [0.29, 0.717) is 18.7 Å². The third kappa shape index (κ3) is 3.74. The Labute approximate surface area is 171 Å². The van der Waals surface area contributed by atoms with Crippen molar-refractivity contribution < 1.29 is 14.6 Å². The fourth-order valence-electron chi connectivity index (χ4n) is 4.14. The number of hydrogen-bond acceptors (Lipinski definition) is 6. The second-order valence-electron chi connectivity index (χ2n) is 7.87. The molecular formula is C22H28N4O3. The van der Waals surface area contributed by atoms with Gasteiger partial charge in [0.2, 0.25) is 0 Å². The highest BCUT2D eigenvalue weighted by Gasteiger charge is 2.32. The van der Waals surface area contributed by atoms with E-state index in [1.165, 1.54) is 10.5 Å². The number of aliphatic hydroxyl groups excluding tert-OH is 1. The summed E-state index contributed by atoms with van der Waals surface area (Å²) in [6, 6.07) is 6.37. The number of hydrogen-bond donors (Lipinski definition) is 2. The highest BCUT2D eigenvalue weighted by Crippen LogP contribution is 2.36. The van der Waals surface area contributed by atoms with Crippen LogP contribution < -0.4 is 10.1 Å². The molecule has 154 valence electrons. The van der Waals surface area contributed by atoms with Gasteiger partial charge in [0.15, 0.2) is 5.84 Å². The summed E-state index contributed by atoms with van der Waals surface area (Å²) in [7, 11) is 1.70. The molecule has 2 atom stereocenters. The lowest BCUT2D eigenvalue weighted by molar-refractivity contribution is -0.126. The van der Waals surface area contributed by atoms with Crippen molar-refractivity contribution in [3.63, 3.8) is 0 Å². The topological polar surface area (TPSA) is 77.4 Å². The minimum atomic E-state index is -0.111. The normalized spacial score (nSPS) is 22.6. The number of nitrogens with zero attached hydrogens (tertiary/aromatic N) is 3. The molecule has 1 amide bonds. The molecule has 0 aliphatic carbocycles. The summed E-state index contributed by atoms with van der Waals surface area (Å²) in [5.41, 5.74) is 3.80. The highest BCUT2D eigenvalue weighted by atomic mass is 16.5. The number of aliphatic hydroxyl groups is 1. The van der Waals surface area contributed by atoms with Gasteiger partial charge in [0, 0.05) is 38.3 Å². The van der Waals surface area contributed by atoms with Crippen LogP contribution in [0.4, 0.5) is 0 Å². The maximum Gasteiger partial charge on any atom is 0.255 e. The predicted octanol–water partition coefficient (Wildman–Crippen LogP) is 1.74. The molecule has 0 saturated carbocycles. The Hall–Kier alpha value is -2.80. The average molecular weight is 396 g/mol. The Kier molecular flexibility index (Phi) is 5.32. The van der Waals surface area contributed by atoms with Gasteiger partial charge >= 0.3 is 0 Å². The van der Waals surface area contributed by atoms with Gasteiger partial charge in [-0.2, -0.15) is 0 Å². The zero-order chi connectivity index (χ0) is 20.5. The molecule has 2 N–H and O–H groups in total. The Bertz CT molecular complexity index is 905. The summed E-state index contributed by atoms with van der Waals surface area (Å²) < 4.78 is 5.85. The van der Waals surface area contributed by atoms with Gasteiger partial charge in [-0.05, 0) is 31.6 Å². The second kappa shape index (κ2) is 7.91. The number of carbonyl (C=O) groups excluding carboxylic acids is 1. The van der Waals surface area contributed by atoms with Gasteiger partial charge in [-0.3, -0.25) is 9.79 Å². The molecule has 3 heterocycles. The molecule has 3 aliphatic heterocycles. The summed E-state index contributed by atoms with van der Waals surface area (Å²) in [6.07, 6.45) is 4.60. The molecule has 0 radical (unpaired) electrons. The molecule has 0 spiro atoms. The van der Waals surface area contributed by atoms with E-state index in [-0.39, 0.29) is 24.6 Å². The zero-order valence-electron chi connectivity index (χ0n) is 17.2. The summed E-state index contributed by atoms with van der Waals surface area (Å²) in [4.78, 5) is 21.2. The number of nitrogens with one attached hydrogen (secondary N) is 1. The monoisotopic (exact) mass is 396 g/mol. The van der Waals surface area contributed by atoms with Crippen LogP contribution in [0.1, 0.15) is 30.5 Å². The number of amidine groups is 1. The number of carbonyl (C=O) groups is 1. The van der Waals surface area contributed by atoms with E-state index in [4.69, 9.17) is 9.73 Å². The van der Waals surface area contributed by atoms with Gasteiger partial charge in [-0.25, -0.2) is 0 Å². The molecule has 1 aromatic carbocycles. The van der Waals surface area contributed by atoms with Crippen molar-refractivity contribution in [2.45, 2.75) is 32.4 Å². The molecule has 3 aliphatic rings.